The second kappa shape index (κ2) is 2.98. The summed E-state index contributed by atoms with van der Waals surface area (Å²) in [6, 6.07) is 0. The molecule has 1 N–H and O–H groups in total. The highest BCUT2D eigenvalue weighted by Gasteiger charge is 2.63. The third-order valence-electron chi connectivity index (χ3n) is 3.70. The summed E-state index contributed by atoms with van der Waals surface area (Å²) in [5.74, 6) is -0.762. The second-order valence-electron chi connectivity index (χ2n) is 4.30. The van der Waals surface area contributed by atoms with Gasteiger partial charge in [-0.3, -0.25) is 4.79 Å². The van der Waals surface area contributed by atoms with Crippen molar-refractivity contribution < 1.29 is 14.6 Å². The summed E-state index contributed by atoms with van der Waals surface area (Å²) in [5.41, 5.74) is 0.0127. The first-order valence-corrected chi connectivity index (χ1v) is 4.96. The van der Waals surface area contributed by atoms with Crippen molar-refractivity contribution in [2.45, 2.75) is 38.2 Å². The molecule has 2 aliphatic carbocycles. The Morgan fingerprint density at radius 3 is 2.85 bits per heavy atom. The summed E-state index contributed by atoms with van der Waals surface area (Å²) in [5, 5.41) is 8.93. The highest BCUT2D eigenvalue weighted by molar-refractivity contribution is 5.75. The van der Waals surface area contributed by atoms with Gasteiger partial charge in [-0.15, -0.1) is 0 Å². The minimum Gasteiger partial charge on any atom is -0.481 e. The normalized spacial score (nSPS) is 43.5. The predicted molar refractivity (Wildman–Crippen MR) is 47.4 cm³/mol. The molecule has 1 spiro atoms. The molecule has 0 aromatic carbocycles. The van der Waals surface area contributed by atoms with E-state index in [1.54, 1.807) is 7.11 Å². The molecule has 0 amide bonds. The van der Waals surface area contributed by atoms with Crippen molar-refractivity contribution in [1.29, 1.82) is 0 Å². The van der Waals surface area contributed by atoms with Gasteiger partial charge in [0.05, 0.1) is 12.0 Å². The van der Waals surface area contributed by atoms with Crippen molar-refractivity contribution >= 4 is 5.97 Å². The summed E-state index contributed by atoms with van der Waals surface area (Å²) < 4.78 is 5.39. The quantitative estimate of drug-likeness (QED) is 0.710. The van der Waals surface area contributed by atoms with Gasteiger partial charge in [-0.25, -0.2) is 0 Å². The number of rotatable bonds is 2. The number of aliphatic carboxylic acids is 1. The van der Waals surface area contributed by atoms with Crippen LogP contribution >= 0.6 is 0 Å². The highest BCUT2D eigenvalue weighted by atomic mass is 16.5. The van der Waals surface area contributed by atoms with Crippen LogP contribution in [-0.4, -0.2) is 24.3 Å². The van der Waals surface area contributed by atoms with Crippen LogP contribution in [0.25, 0.3) is 0 Å². The smallest absolute Gasteiger partial charge is 0.307 e. The average Bonchev–Trinajstić information content (AvgIpc) is 2.81. The molecular formula is C10H16O3. The van der Waals surface area contributed by atoms with Gasteiger partial charge >= 0.3 is 5.97 Å². The number of hydrogen-bond donors (Lipinski definition) is 1. The third kappa shape index (κ3) is 1.26. The summed E-state index contributed by atoms with van der Waals surface area (Å²) in [6.45, 7) is 0. The molecule has 0 aromatic heterocycles. The van der Waals surface area contributed by atoms with Gasteiger partial charge in [-0.2, -0.15) is 0 Å². The molecule has 3 atom stereocenters. The SMILES string of the molecule is COC1CCCCC12CC2C(=O)O. The molecule has 2 aliphatic rings. The van der Waals surface area contributed by atoms with Gasteiger partial charge in [-0.05, 0) is 19.3 Å². The Labute approximate surface area is 78.1 Å². The monoisotopic (exact) mass is 184 g/mol. The van der Waals surface area contributed by atoms with Gasteiger partial charge in [0.15, 0.2) is 0 Å². The van der Waals surface area contributed by atoms with Crippen molar-refractivity contribution in [3.63, 3.8) is 0 Å². The maximum absolute atomic E-state index is 10.8. The molecule has 0 saturated heterocycles. The zero-order valence-electron chi connectivity index (χ0n) is 7.95. The van der Waals surface area contributed by atoms with Crippen molar-refractivity contribution in [2.24, 2.45) is 11.3 Å². The molecule has 74 valence electrons. The summed E-state index contributed by atoms with van der Waals surface area (Å²) in [7, 11) is 1.70. The van der Waals surface area contributed by atoms with E-state index in [0.29, 0.717) is 0 Å². The second-order valence-corrected chi connectivity index (χ2v) is 4.30. The number of carbonyl (C=O) groups is 1. The topological polar surface area (TPSA) is 46.5 Å². The minimum atomic E-state index is -0.635. The van der Waals surface area contributed by atoms with Crippen molar-refractivity contribution in [2.75, 3.05) is 7.11 Å². The minimum absolute atomic E-state index is 0.0127. The summed E-state index contributed by atoms with van der Waals surface area (Å²) in [4.78, 5) is 10.8. The lowest BCUT2D eigenvalue weighted by Crippen LogP contribution is -2.31. The maximum Gasteiger partial charge on any atom is 0.307 e. The van der Waals surface area contributed by atoms with Crippen LogP contribution in [0.2, 0.25) is 0 Å². The predicted octanol–water partition coefficient (Wildman–Crippen LogP) is 1.67. The molecule has 0 aliphatic heterocycles. The molecule has 0 radical (unpaired) electrons. The van der Waals surface area contributed by atoms with E-state index >= 15 is 0 Å². The Morgan fingerprint density at radius 1 is 1.54 bits per heavy atom. The van der Waals surface area contributed by atoms with Crippen LogP contribution in [0, 0.1) is 11.3 Å². The third-order valence-corrected chi connectivity index (χ3v) is 3.70. The number of carboxylic acid groups (broad SMARTS) is 1. The zero-order chi connectivity index (χ0) is 9.47. The van der Waals surface area contributed by atoms with Crippen molar-refractivity contribution in [3.8, 4) is 0 Å². The molecule has 0 bridgehead atoms. The van der Waals surface area contributed by atoms with Gasteiger partial charge in [0.1, 0.15) is 0 Å². The van der Waals surface area contributed by atoms with Gasteiger partial charge in [-0.1, -0.05) is 12.8 Å². The highest BCUT2D eigenvalue weighted by Crippen LogP contribution is 2.62. The number of carboxylic acids is 1. The van der Waals surface area contributed by atoms with E-state index in [4.69, 9.17) is 9.84 Å². The van der Waals surface area contributed by atoms with E-state index in [-0.39, 0.29) is 17.4 Å². The number of ether oxygens (including phenoxy) is 1. The lowest BCUT2D eigenvalue weighted by molar-refractivity contribution is -0.141. The number of hydrogen-bond acceptors (Lipinski definition) is 2. The van der Waals surface area contributed by atoms with Gasteiger partial charge in [0.2, 0.25) is 0 Å². The molecule has 13 heavy (non-hydrogen) atoms. The van der Waals surface area contributed by atoms with E-state index < -0.39 is 5.97 Å². The van der Waals surface area contributed by atoms with E-state index in [9.17, 15) is 4.79 Å². The number of methoxy groups -OCH3 is 1. The lowest BCUT2D eigenvalue weighted by atomic mass is 9.81. The van der Waals surface area contributed by atoms with Crippen molar-refractivity contribution in [3.05, 3.63) is 0 Å². The van der Waals surface area contributed by atoms with Crippen LogP contribution in [-0.2, 0) is 9.53 Å². The molecule has 3 nitrogen and oxygen atoms in total. The van der Waals surface area contributed by atoms with Crippen LogP contribution in [0.4, 0.5) is 0 Å². The fraction of sp³-hybridized carbons (Fsp3) is 0.900. The summed E-state index contributed by atoms with van der Waals surface area (Å²) >= 11 is 0. The Hall–Kier alpha value is -0.570. The fourth-order valence-corrected chi connectivity index (χ4v) is 2.87. The van der Waals surface area contributed by atoms with Crippen LogP contribution in [0.5, 0.6) is 0 Å². The first kappa shape index (κ1) is 9.00. The van der Waals surface area contributed by atoms with Gasteiger partial charge in [0.25, 0.3) is 0 Å². The first-order chi connectivity index (χ1) is 6.20. The van der Waals surface area contributed by atoms with Gasteiger partial charge < -0.3 is 9.84 Å². The molecule has 2 fully saturated rings. The largest absolute Gasteiger partial charge is 0.481 e. The Bertz CT molecular complexity index is 226. The van der Waals surface area contributed by atoms with E-state index in [1.165, 1.54) is 12.8 Å². The Morgan fingerprint density at radius 2 is 2.31 bits per heavy atom. The lowest BCUT2D eigenvalue weighted by Gasteiger charge is -2.31. The Balaban J connectivity index is 2.08. The fourth-order valence-electron chi connectivity index (χ4n) is 2.87. The van der Waals surface area contributed by atoms with Crippen LogP contribution in [0.1, 0.15) is 32.1 Å². The summed E-state index contributed by atoms with van der Waals surface area (Å²) in [6.07, 6.45) is 5.47. The van der Waals surface area contributed by atoms with Crippen LogP contribution in [0.15, 0.2) is 0 Å². The molecular weight excluding hydrogens is 168 g/mol. The molecule has 2 saturated carbocycles. The van der Waals surface area contributed by atoms with E-state index in [2.05, 4.69) is 0 Å². The standard InChI is InChI=1S/C10H16O3/c1-13-8-4-2-3-5-10(8)6-7(10)9(11)12/h7-8H,2-6H2,1H3,(H,11,12). The molecule has 3 heteroatoms. The first-order valence-electron chi connectivity index (χ1n) is 4.96. The maximum atomic E-state index is 10.8. The molecule has 0 aromatic rings. The van der Waals surface area contributed by atoms with Crippen LogP contribution < -0.4 is 0 Å². The molecule has 2 rings (SSSR count). The Kier molecular flexibility index (Phi) is 2.06. The average molecular weight is 184 g/mol. The molecule has 0 heterocycles. The van der Waals surface area contributed by atoms with E-state index in [0.717, 1.165) is 19.3 Å². The van der Waals surface area contributed by atoms with Crippen molar-refractivity contribution in [1.82, 2.24) is 0 Å². The zero-order valence-corrected chi connectivity index (χ0v) is 7.95. The molecule has 3 unspecified atom stereocenters. The van der Waals surface area contributed by atoms with Gasteiger partial charge in [0, 0.05) is 12.5 Å². The van der Waals surface area contributed by atoms with E-state index in [1.807, 2.05) is 0 Å². The van der Waals surface area contributed by atoms with Crippen LogP contribution in [0.3, 0.4) is 0 Å².